The number of rotatable bonds is 6. The summed E-state index contributed by atoms with van der Waals surface area (Å²) in [5, 5.41) is 6.60. The lowest BCUT2D eigenvalue weighted by Crippen LogP contribution is -2.45. The molecule has 6 nitrogen and oxygen atoms in total. The van der Waals surface area contributed by atoms with E-state index in [4.69, 9.17) is 4.74 Å². The molecule has 1 saturated heterocycles. The summed E-state index contributed by atoms with van der Waals surface area (Å²) >= 11 is 0. The van der Waals surface area contributed by atoms with Gasteiger partial charge in [0.1, 0.15) is 0 Å². The Bertz CT molecular complexity index is 710. The van der Waals surface area contributed by atoms with Gasteiger partial charge in [0.15, 0.2) is 17.5 Å². The van der Waals surface area contributed by atoms with Crippen LogP contribution in [-0.4, -0.2) is 49.6 Å². The number of carbonyl (C=O) groups is 1. The van der Waals surface area contributed by atoms with E-state index in [-0.39, 0.29) is 47.5 Å². The Morgan fingerprint density at radius 3 is 2.72 bits per heavy atom. The van der Waals surface area contributed by atoms with Crippen molar-refractivity contribution in [2.45, 2.75) is 51.6 Å². The number of hydrogen-bond donors (Lipinski definition) is 2. The highest BCUT2D eigenvalue weighted by Crippen LogP contribution is 2.27. The zero-order valence-corrected chi connectivity index (χ0v) is 19.6. The first-order valence-electron chi connectivity index (χ1n) is 10.3. The van der Waals surface area contributed by atoms with E-state index >= 15 is 0 Å². The van der Waals surface area contributed by atoms with Crippen molar-refractivity contribution in [3.8, 4) is 5.75 Å². The van der Waals surface area contributed by atoms with Crippen molar-refractivity contribution in [2.75, 3.05) is 26.7 Å². The van der Waals surface area contributed by atoms with Gasteiger partial charge < -0.3 is 20.3 Å². The predicted octanol–water partition coefficient (Wildman–Crippen LogP) is 3.30. The minimum Gasteiger partial charge on any atom is -0.491 e. The van der Waals surface area contributed by atoms with Gasteiger partial charge >= 0.3 is 0 Å². The van der Waals surface area contributed by atoms with Crippen LogP contribution in [0.4, 0.5) is 4.39 Å². The summed E-state index contributed by atoms with van der Waals surface area (Å²) < 4.78 is 19.2. The molecule has 2 aliphatic rings. The van der Waals surface area contributed by atoms with Crippen molar-refractivity contribution < 1.29 is 13.9 Å². The summed E-state index contributed by atoms with van der Waals surface area (Å²) in [5.41, 5.74) is 0.813. The largest absolute Gasteiger partial charge is 0.491 e. The smallest absolute Gasteiger partial charge is 0.225 e. The maximum Gasteiger partial charge on any atom is 0.225 e. The van der Waals surface area contributed by atoms with E-state index in [0.29, 0.717) is 31.6 Å². The molecule has 0 bridgehead atoms. The van der Waals surface area contributed by atoms with E-state index in [1.54, 1.807) is 13.1 Å². The average molecular weight is 518 g/mol. The molecule has 3 rings (SSSR count). The summed E-state index contributed by atoms with van der Waals surface area (Å²) in [7, 11) is 1.71. The van der Waals surface area contributed by atoms with Crippen LogP contribution in [0.2, 0.25) is 0 Å². The van der Waals surface area contributed by atoms with Crippen LogP contribution in [0.1, 0.15) is 44.6 Å². The van der Waals surface area contributed by atoms with Gasteiger partial charge in [-0.3, -0.25) is 9.79 Å². The van der Waals surface area contributed by atoms with Gasteiger partial charge in [-0.2, -0.15) is 0 Å². The van der Waals surface area contributed by atoms with Crippen LogP contribution >= 0.6 is 24.0 Å². The van der Waals surface area contributed by atoms with Crippen LogP contribution in [-0.2, 0) is 11.3 Å². The molecule has 8 heteroatoms. The van der Waals surface area contributed by atoms with Gasteiger partial charge in [0.25, 0.3) is 0 Å². The van der Waals surface area contributed by atoms with Gasteiger partial charge in [-0.1, -0.05) is 18.9 Å². The van der Waals surface area contributed by atoms with Crippen LogP contribution in [0.15, 0.2) is 23.2 Å². The maximum absolute atomic E-state index is 14.0. The molecule has 1 aliphatic carbocycles. The molecule has 1 aromatic carbocycles. The van der Waals surface area contributed by atoms with Crippen molar-refractivity contribution in [1.82, 2.24) is 15.5 Å². The van der Waals surface area contributed by atoms with Crippen molar-refractivity contribution in [3.63, 3.8) is 0 Å². The lowest BCUT2D eigenvalue weighted by molar-refractivity contribution is -0.134. The average Bonchev–Trinajstić information content (AvgIpc) is 3.39. The quantitative estimate of drug-likeness (QED) is 0.345. The molecular formula is C21H32FIN4O2. The van der Waals surface area contributed by atoms with E-state index in [2.05, 4.69) is 15.6 Å². The first-order chi connectivity index (χ1) is 13.6. The third-order valence-electron chi connectivity index (χ3n) is 5.52. The number of amides is 1. The monoisotopic (exact) mass is 518 g/mol. The third kappa shape index (κ3) is 6.45. The van der Waals surface area contributed by atoms with Crippen molar-refractivity contribution in [1.29, 1.82) is 0 Å². The molecule has 1 unspecified atom stereocenters. The number of ether oxygens (including phenoxy) is 1. The first kappa shape index (κ1) is 23.7. The van der Waals surface area contributed by atoms with Crippen LogP contribution in [0.5, 0.6) is 5.75 Å². The van der Waals surface area contributed by atoms with Crippen LogP contribution in [0, 0.1) is 11.7 Å². The standard InChI is InChI=1S/C21H31FN4O2.HI/c1-3-28-19-9-8-15(12-18(19)22)13-24-21(23-2)25-17-10-11-26(14-17)20(27)16-6-4-5-7-16;/h8-9,12,16-17H,3-7,10-11,13-14H2,1-2H3,(H2,23,24,25);1H. The number of carbonyl (C=O) groups excluding carboxylic acids is 1. The summed E-state index contributed by atoms with van der Waals surface area (Å²) in [6, 6.07) is 5.15. The number of aliphatic imine (C=N–C) groups is 1. The number of halogens is 2. The molecule has 1 aromatic rings. The fourth-order valence-electron chi connectivity index (χ4n) is 4.01. The lowest BCUT2D eigenvalue weighted by atomic mass is 10.1. The highest BCUT2D eigenvalue weighted by Gasteiger charge is 2.32. The van der Waals surface area contributed by atoms with E-state index in [1.807, 2.05) is 17.9 Å². The molecule has 2 fully saturated rings. The summed E-state index contributed by atoms with van der Waals surface area (Å²) in [6.45, 7) is 4.24. The Labute approximate surface area is 189 Å². The lowest BCUT2D eigenvalue weighted by Gasteiger charge is -2.21. The van der Waals surface area contributed by atoms with Gasteiger partial charge in [-0.15, -0.1) is 24.0 Å². The Balaban J connectivity index is 0.00000300. The molecule has 0 aromatic heterocycles. The minimum absolute atomic E-state index is 0. The number of guanidine groups is 1. The fraction of sp³-hybridized carbons (Fsp3) is 0.619. The van der Waals surface area contributed by atoms with Gasteiger partial charge in [-0.05, 0) is 43.9 Å². The second kappa shape index (κ2) is 11.6. The summed E-state index contributed by atoms with van der Waals surface area (Å²) in [5.74, 6) is 1.11. The highest BCUT2D eigenvalue weighted by atomic mass is 127. The number of likely N-dealkylation sites (tertiary alicyclic amines) is 1. The molecule has 0 spiro atoms. The number of nitrogens with one attached hydrogen (secondary N) is 2. The molecule has 0 radical (unpaired) electrons. The van der Waals surface area contributed by atoms with E-state index in [9.17, 15) is 9.18 Å². The second-order valence-corrected chi connectivity index (χ2v) is 7.52. The molecule has 29 heavy (non-hydrogen) atoms. The first-order valence-corrected chi connectivity index (χ1v) is 10.3. The number of nitrogens with zero attached hydrogens (tertiary/aromatic N) is 2. The predicted molar refractivity (Wildman–Crippen MR) is 123 cm³/mol. The van der Waals surface area contributed by atoms with E-state index in [0.717, 1.165) is 31.4 Å². The fourth-order valence-corrected chi connectivity index (χ4v) is 4.01. The minimum atomic E-state index is -0.360. The van der Waals surface area contributed by atoms with E-state index < -0.39 is 0 Å². The molecule has 1 atom stereocenters. The van der Waals surface area contributed by atoms with Crippen LogP contribution in [0.3, 0.4) is 0 Å². The SMILES string of the molecule is CCOc1ccc(CNC(=NC)NC2CCN(C(=O)C3CCCC3)C2)cc1F.I. The molecule has 1 saturated carbocycles. The molecular weight excluding hydrogens is 486 g/mol. The molecule has 162 valence electrons. The van der Waals surface area contributed by atoms with Crippen molar-refractivity contribution >= 4 is 35.8 Å². The molecule has 1 amide bonds. The van der Waals surface area contributed by atoms with Gasteiger partial charge in [0.05, 0.1) is 6.61 Å². The summed E-state index contributed by atoms with van der Waals surface area (Å²) in [4.78, 5) is 18.8. The zero-order chi connectivity index (χ0) is 19.9. The number of benzene rings is 1. The van der Waals surface area contributed by atoms with Gasteiger partial charge in [0, 0.05) is 38.6 Å². The molecule has 1 heterocycles. The summed E-state index contributed by atoms with van der Waals surface area (Å²) in [6.07, 6.45) is 5.34. The van der Waals surface area contributed by atoms with Crippen molar-refractivity contribution in [2.24, 2.45) is 10.9 Å². The zero-order valence-electron chi connectivity index (χ0n) is 17.2. The third-order valence-corrected chi connectivity index (χ3v) is 5.52. The molecule has 1 aliphatic heterocycles. The molecule has 2 N–H and O–H groups in total. The Hall–Kier alpha value is -1.58. The maximum atomic E-state index is 14.0. The normalized spacial score (nSPS) is 19.8. The topological polar surface area (TPSA) is 66.0 Å². The second-order valence-electron chi connectivity index (χ2n) is 7.52. The Morgan fingerprint density at radius 2 is 2.07 bits per heavy atom. The Kier molecular flexibility index (Phi) is 9.45. The van der Waals surface area contributed by atoms with Gasteiger partial charge in [-0.25, -0.2) is 4.39 Å². The Morgan fingerprint density at radius 1 is 1.31 bits per heavy atom. The highest BCUT2D eigenvalue weighted by molar-refractivity contribution is 14.0. The van der Waals surface area contributed by atoms with Gasteiger partial charge in [0.2, 0.25) is 5.91 Å². The van der Waals surface area contributed by atoms with Crippen LogP contribution < -0.4 is 15.4 Å². The number of hydrogen-bond acceptors (Lipinski definition) is 3. The van der Waals surface area contributed by atoms with Crippen molar-refractivity contribution in [3.05, 3.63) is 29.6 Å². The van der Waals surface area contributed by atoms with E-state index in [1.165, 1.54) is 18.9 Å². The van der Waals surface area contributed by atoms with Crippen LogP contribution in [0.25, 0.3) is 0 Å².